The first kappa shape index (κ1) is 17.5. The standard InChI is InChI=1S/C19H19N5O2/c1-12-14(11-17(25)22-13(2)15-7-3-5-9-20-15)19(26)24-18(23-12)16-8-4-6-10-21-16/h3-10,13H,11H2,1-2H3,(H,22,25)(H,23,24,26). The Morgan fingerprint density at radius 2 is 1.88 bits per heavy atom. The number of rotatable bonds is 5. The van der Waals surface area contributed by atoms with Crippen molar-refractivity contribution >= 4 is 5.91 Å². The number of nitrogens with zero attached hydrogens (tertiary/aromatic N) is 3. The highest BCUT2D eigenvalue weighted by atomic mass is 16.2. The maximum absolute atomic E-state index is 12.4. The molecule has 0 aliphatic heterocycles. The van der Waals surface area contributed by atoms with Crippen LogP contribution in [0.15, 0.2) is 53.6 Å². The van der Waals surface area contributed by atoms with Crippen LogP contribution in [0.4, 0.5) is 0 Å². The average Bonchev–Trinajstić information content (AvgIpc) is 2.66. The average molecular weight is 349 g/mol. The number of aryl methyl sites for hydroxylation is 1. The van der Waals surface area contributed by atoms with Crippen LogP contribution in [0.1, 0.15) is 29.9 Å². The van der Waals surface area contributed by atoms with Crippen LogP contribution in [0.3, 0.4) is 0 Å². The molecule has 0 bridgehead atoms. The van der Waals surface area contributed by atoms with Gasteiger partial charge in [-0.2, -0.15) is 0 Å². The van der Waals surface area contributed by atoms with E-state index in [2.05, 4.69) is 25.3 Å². The van der Waals surface area contributed by atoms with Gasteiger partial charge in [-0.05, 0) is 38.1 Å². The first-order valence-corrected chi connectivity index (χ1v) is 8.26. The summed E-state index contributed by atoms with van der Waals surface area (Å²) in [5, 5.41) is 2.85. The topological polar surface area (TPSA) is 101 Å². The summed E-state index contributed by atoms with van der Waals surface area (Å²) in [6.45, 7) is 3.56. The van der Waals surface area contributed by atoms with Crippen LogP contribution in [0.2, 0.25) is 0 Å². The van der Waals surface area contributed by atoms with Crippen molar-refractivity contribution in [1.82, 2.24) is 25.3 Å². The first-order valence-electron chi connectivity index (χ1n) is 8.26. The number of carbonyl (C=O) groups excluding carboxylic acids is 1. The molecule has 0 spiro atoms. The van der Waals surface area contributed by atoms with E-state index < -0.39 is 0 Å². The normalized spacial score (nSPS) is 11.8. The van der Waals surface area contributed by atoms with E-state index in [9.17, 15) is 9.59 Å². The van der Waals surface area contributed by atoms with Crippen molar-refractivity contribution in [2.45, 2.75) is 26.3 Å². The van der Waals surface area contributed by atoms with Crippen LogP contribution in [0, 0.1) is 6.92 Å². The molecule has 0 aliphatic carbocycles. The lowest BCUT2D eigenvalue weighted by Crippen LogP contribution is -2.31. The van der Waals surface area contributed by atoms with Gasteiger partial charge in [-0.25, -0.2) is 4.98 Å². The molecule has 3 aromatic rings. The van der Waals surface area contributed by atoms with Crippen molar-refractivity contribution in [2.24, 2.45) is 0 Å². The van der Waals surface area contributed by atoms with E-state index in [4.69, 9.17) is 0 Å². The molecule has 3 aromatic heterocycles. The number of aromatic nitrogens is 4. The van der Waals surface area contributed by atoms with Gasteiger partial charge in [0.2, 0.25) is 5.91 Å². The Balaban J connectivity index is 1.76. The number of nitrogens with one attached hydrogen (secondary N) is 2. The third-order valence-corrected chi connectivity index (χ3v) is 3.98. The van der Waals surface area contributed by atoms with Gasteiger partial charge in [0.1, 0.15) is 5.69 Å². The van der Waals surface area contributed by atoms with Gasteiger partial charge < -0.3 is 10.3 Å². The minimum atomic E-state index is -0.334. The zero-order chi connectivity index (χ0) is 18.5. The van der Waals surface area contributed by atoms with E-state index >= 15 is 0 Å². The van der Waals surface area contributed by atoms with E-state index in [0.717, 1.165) is 5.69 Å². The largest absolute Gasteiger partial charge is 0.348 e. The third-order valence-electron chi connectivity index (χ3n) is 3.98. The van der Waals surface area contributed by atoms with Gasteiger partial charge in [0, 0.05) is 23.7 Å². The SMILES string of the molecule is Cc1nc(-c2ccccn2)[nH]c(=O)c1CC(=O)NC(C)c1ccccn1. The van der Waals surface area contributed by atoms with Crippen LogP contribution >= 0.6 is 0 Å². The number of hydrogen-bond donors (Lipinski definition) is 2. The fourth-order valence-corrected chi connectivity index (χ4v) is 2.60. The molecule has 0 aromatic carbocycles. The van der Waals surface area contributed by atoms with Gasteiger partial charge in [0.15, 0.2) is 5.82 Å². The zero-order valence-corrected chi connectivity index (χ0v) is 14.6. The second-order valence-electron chi connectivity index (χ2n) is 5.91. The fraction of sp³-hybridized carbons (Fsp3) is 0.211. The van der Waals surface area contributed by atoms with Crippen LogP contribution in [-0.4, -0.2) is 25.8 Å². The van der Waals surface area contributed by atoms with Crippen LogP contribution in [-0.2, 0) is 11.2 Å². The van der Waals surface area contributed by atoms with Gasteiger partial charge in [0.05, 0.1) is 18.2 Å². The molecule has 1 atom stereocenters. The monoisotopic (exact) mass is 349 g/mol. The van der Waals surface area contributed by atoms with Gasteiger partial charge in [-0.15, -0.1) is 0 Å². The molecule has 1 unspecified atom stereocenters. The number of carbonyl (C=O) groups is 1. The number of pyridine rings is 2. The summed E-state index contributed by atoms with van der Waals surface area (Å²) >= 11 is 0. The Bertz CT molecular complexity index is 955. The summed E-state index contributed by atoms with van der Waals surface area (Å²) < 4.78 is 0. The van der Waals surface area contributed by atoms with Crippen molar-refractivity contribution in [3.8, 4) is 11.5 Å². The maximum Gasteiger partial charge on any atom is 0.255 e. The Hall–Kier alpha value is -3.35. The van der Waals surface area contributed by atoms with E-state index in [-0.39, 0.29) is 23.9 Å². The van der Waals surface area contributed by atoms with Crippen molar-refractivity contribution < 1.29 is 4.79 Å². The lowest BCUT2D eigenvalue weighted by Gasteiger charge is -2.13. The highest BCUT2D eigenvalue weighted by Gasteiger charge is 2.16. The highest BCUT2D eigenvalue weighted by molar-refractivity contribution is 5.79. The quantitative estimate of drug-likeness (QED) is 0.733. The van der Waals surface area contributed by atoms with Crippen molar-refractivity contribution in [3.05, 3.63) is 76.1 Å². The molecule has 0 aliphatic rings. The van der Waals surface area contributed by atoms with Gasteiger partial charge >= 0.3 is 0 Å². The molecule has 3 rings (SSSR count). The van der Waals surface area contributed by atoms with Gasteiger partial charge in [0.25, 0.3) is 5.56 Å². The lowest BCUT2D eigenvalue weighted by atomic mass is 10.1. The summed E-state index contributed by atoms with van der Waals surface area (Å²) in [5.74, 6) is 0.128. The Labute approximate surface area is 150 Å². The molecule has 7 nitrogen and oxygen atoms in total. The Kier molecular flexibility index (Phi) is 5.17. The molecular formula is C19H19N5O2. The molecular weight excluding hydrogens is 330 g/mol. The summed E-state index contributed by atoms with van der Waals surface area (Å²) in [6.07, 6.45) is 3.26. The maximum atomic E-state index is 12.4. The minimum absolute atomic E-state index is 0.0478. The molecule has 7 heteroatoms. The number of aromatic amines is 1. The Morgan fingerprint density at radius 3 is 2.50 bits per heavy atom. The molecule has 0 saturated carbocycles. The van der Waals surface area contributed by atoms with Gasteiger partial charge in [-0.1, -0.05) is 12.1 Å². The first-order chi connectivity index (χ1) is 12.5. The molecule has 0 saturated heterocycles. The van der Waals surface area contributed by atoms with Crippen molar-refractivity contribution in [3.63, 3.8) is 0 Å². The van der Waals surface area contributed by atoms with E-state index in [1.807, 2.05) is 31.2 Å². The molecule has 1 amide bonds. The summed E-state index contributed by atoms with van der Waals surface area (Å²) in [4.78, 5) is 40.2. The lowest BCUT2D eigenvalue weighted by molar-refractivity contribution is -0.121. The number of H-pyrrole nitrogens is 1. The second-order valence-corrected chi connectivity index (χ2v) is 5.91. The number of amides is 1. The zero-order valence-electron chi connectivity index (χ0n) is 14.6. The molecule has 0 radical (unpaired) electrons. The Morgan fingerprint density at radius 1 is 1.15 bits per heavy atom. The molecule has 0 fully saturated rings. The van der Waals surface area contributed by atoms with E-state index in [0.29, 0.717) is 22.8 Å². The van der Waals surface area contributed by atoms with E-state index in [1.54, 1.807) is 31.5 Å². The van der Waals surface area contributed by atoms with Crippen molar-refractivity contribution in [2.75, 3.05) is 0 Å². The van der Waals surface area contributed by atoms with Crippen LogP contribution < -0.4 is 10.9 Å². The smallest absolute Gasteiger partial charge is 0.255 e. The third kappa shape index (κ3) is 4.00. The molecule has 2 N–H and O–H groups in total. The molecule has 132 valence electrons. The fourth-order valence-electron chi connectivity index (χ4n) is 2.60. The number of hydrogen-bond acceptors (Lipinski definition) is 5. The summed E-state index contributed by atoms with van der Waals surface area (Å²) in [7, 11) is 0. The molecule has 26 heavy (non-hydrogen) atoms. The molecule has 3 heterocycles. The predicted octanol–water partition coefficient (Wildman–Crippen LogP) is 1.96. The minimum Gasteiger partial charge on any atom is -0.348 e. The van der Waals surface area contributed by atoms with Crippen LogP contribution in [0.5, 0.6) is 0 Å². The van der Waals surface area contributed by atoms with E-state index in [1.165, 1.54) is 0 Å². The highest BCUT2D eigenvalue weighted by Crippen LogP contribution is 2.12. The summed E-state index contributed by atoms with van der Waals surface area (Å²) in [5.41, 5.74) is 1.85. The van der Waals surface area contributed by atoms with Crippen LogP contribution in [0.25, 0.3) is 11.5 Å². The second kappa shape index (κ2) is 7.69. The van der Waals surface area contributed by atoms with Gasteiger partial charge in [-0.3, -0.25) is 19.6 Å². The van der Waals surface area contributed by atoms with Crippen molar-refractivity contribution in [1.29, 1.82) is 0 Å². The summed E-state index contributed by atoms with van der Waals surface area (Å²) in [6, 6.07) is 10.6. The predicted molar refractivity (Wildman–Crippen MR) is 97.3 cm³/mol.